The lowest BCUT2D eigenvalue weighted by Gasteiger charge is -2.08. The largest absolute Gasteiger partial charge is 0.487 e. The Hall–Kier alpha value is -2.07. The van der Waals surface area contributed by atoms with Gasteiger partial charge in [0.15, 0.2) is 0 Å². The maximum atomic E-state index is 13.0. The number of oxime groups is 1. The van der Waals surface area contributed by atoms with Gasteiger partial charge in [-0.1, -0.05) is 28.9 Å². The van der Waals surface area contributed by atoms with E-state index in [9.17, 15) is 4.39 Å². The van der Waals surface area contributed by atoms with Crippen LogP contribution >= 0.6 is 11.6 Å². The molecular formula is C14H11ClFNO2. The molecule has 0 heterocycles. The van der Waals surface area contributed by atoms with Crippen LogP contribution in [0.25, 0.3) is 0 Å². The molecule has 3 nitrogen and oxygen atoms in total. The minimum atomic E-state index is -0.304. The van der Waals surface area contributed by atoms with E-state index in [4.69, 9.17) is 21.5 Å². The van der Waals surface area contributed by atoms with Crippen molar-refractivity contribution in [3.05, 3.63) is 64.4 Å². The molecule has 0 bridgehead atoms. The van der Waals surface area contributed by atoms with Crippen molar-refractivity contribution in [3.8, 4) is 5.75 Å². The summed E-state index contributed by atoms with van der Waals surface area (Å²) in [7, 11) is 0. The van der Waals surface area contributed by atoms with E-state index in [1.165, 1.54) is 18.3 Å². The first-order chi connectivity index (χ1) is 9.19. The molecule has 0 aliphatic rings. The average molecular weight is 280 g/mol. The molecule has 1 N–H and O–H groups in total. The SMILES string of the molecule is O/N=C\c1ccc(OCc2cccc(F)c2)c(Cl)c1. The molecule has 0 unspecified atom stereocenters. The summed E-state index contributed by atoms with van der Waals surface area (Å²) >= 11 is 6.02. The van der Waals surface area contributed by atoms with Crippen LogP contribution in [0.4, 0.5) is 4.39 Å². The second kappa shape index (κ2) is 6.20. The third-order valence-corrected chi connectivity index (χ3v) is 2.74. The molecule has 19 heavy (non-hydrogen) atoms. The third kappa shape index (κ3) is 3.69. The Bertz CT molecular complexity index is 602. The minimum Gasteiger partial charge on any atom is -0.487 e. The highest BCUT2D eigenvalue weighted by molar-refractivity contribution is 6.32. The van der Waals surface area contributed by atoms with E-state index < -0.39 is 0 Å². The van der Waals surface area contributed by atoms with Crippen molar-refractivity contribution in [1.82, 2.24) is 0 Å². The van der Waals surface area contributed by atoms with E-state index in [2.05, 4.69) is 5.16 Å². The summed E-state index contributed by atoms with van der Waals surface area (Å²) in [5.41, 5.74) is 1.38. The number of ether oxygens (including phenoxy) is 1. The first-order valence-electron chi connectivity index (χ1n) is 5.53. The van der Waals surface area contributed by atoms with Crippen LogP contribution in [0.3, 0.4) is 0 Å². The fourth-order valence-corrected chi connectivity index (χ4v) is 1.81. The van der Waals surface area contributed by atoms with Crippen molar-refractivity contribution >= 4 is 17.8 Å². The standard InChI is InChI=1S/C14H11ClFNO2/c15-13-7-10(8-17-18)4-5-14(13)19-9-11-2-1-3-12(16)6-11/h1-8,18H,9H2/b17-8-. The molecule has 2 aromatic rings. The van der Waals surface area contributed by atoms with Crippen LogP contribution < -0.4 is 4.74 Å². The zero-order valence-electron chi connectivity index (χ0n) is 9.88. The maximum Gasteiger partial charge on any atom is 0.138 e. The quantitative estimate of drug-likeness (QED) is 0.524. The lowest BCUT2D eigenvalue weighted by atomic mass is 10.2. The van der Waals surface area contributed by atoms with Crippen LogP contribution in [0.5, 0.6) is 5.75 Å². The van der Waals surface area contributed by atoms with Crippen molar-refractivity contribution in [2.24, 2.45) is 5.16 Å². The average Bonchev–Trinajstić information content (AvgIpc) is 2.38. The molecule has 0 amide bonds. The molecule has 0 aromatic heterocycles. The fourth-order valence-electron chi connectivity index (χ4n) is 1.57. The van der Waals surface area contributed by atoms with Crippen LogP contribution in [-0.2, 0) is 6.61 Å². The molecule has 5 heteroatoms. The summed E-state index contributed by atoms with van der Waals surface area (Å²) in [4.78, 5) is 0. The zero-order valence-corrected chi connectivity index (χ0v) is 10.6. The number of nitrogens with zero attached hydrogens (tertiary/aromatic N) is 1. The highest BCUT2D eigenvalue weighted by Gasteiger charge is 2.03. The summed E-state index contributed by atoms with van der Waals surface area (Å²) < 4.78 is 18.5. The van der Waals surface area contributed by atoms with Gasteiger partial charge in [0.2, 0.25) is 0 Å². The number of halogens is 2. The van der Waals surface area contributed by atoms with E-state index in [0.717, 1.165) is 5.56 Å². The van der Waals surface area contributed by atoms with Crippen molar-refractivity contribution in [2.75, 3.05) is 0 Å². The Labute approximate surface area is 114 Å². The van der Waals surface area contributed by atoms with Crippen LogP contribution in [0.2, 0.25) is 5.02 Å². The Morgan fingerprint density at radius 2 is 2.11 bits per heavy atom. The van der Waals surface area contributed by atoms with Crippen molar-refractivity contribution in [1.29, 1.82) is 0 Å². The van der Waals surface area contributed by atoms with Crippen LogP contribution in [0.15, 0.2) is 47.6 Å². The molecule has 0 radical (unpaired) electrons. The van der Waals surface area contributed by atoms with Crippen LogP contribution in [0.1, 0.15) is 11.1 Å². The van der Waals surface area contributed by atoms with E-state index >= 15 is 0 Å². The van der Waals surface area contributed by atoms with E-state index in [1.807, 2.05) is 0 Å². The zero-order chi connectivity index (χ0) is 13.7. The van der Waals surface area contributed by atoms with Crippen molar-refractivity contribution < 1.29 is 14.3 Å². The minimum absolute atomic E-state index is 0.227. The van der Waals surface area contributed by atoms with Crippen molar-refractivity contribution in [2.45, 2.75) is 6.61 Å². The van der Waals surface area contributed by atoms with Gasteiger partial charge in [0, 0.05) is 0 Å². The number of benzene rings is 2. The van der Waals surface area contributed by atoms with Gasteiger partial charge in [0.05, 0.1) is 11.2 Å². The summed E-state index contributed by atoms with van der Waals surface area (Å²) in [5, 5.41) is 11.7. The lowest BCUT2D eigenvalue weighted by molar-refractivity contribution is 0.305. The van der Waals surface area contributed by atoms with Crippen LogP contribution in [0, 0.1) is 5.82 Å². The summed E-state index contributed by atoms with van der Waals surface area (Å²) in [6, 6.07) is 11.1. The van der Waals surface area contributed by atoms with E-state index in [1.54, 1.807) is 30.3 Å². The molecule has 0 aliphatic heterocycles. The first kappa shape index (κ1) is 13.4. The second-order valence-corrected chi connectivity index (χ2v) is 4.26. The number of rotatable bonds is 4. The van der Waals surface area contributed by atoms with Gasteiger partial charge in [-0.05, 0) is 41.5 Å². The normalized spacial score (nSPS) is 10.8. The highest BCUT2D eigenvalue weighted by atomic mass is 35.5. The lowest BCUT2D eigenvalue weighted by Crippen LogP contribution is -1.97. The highest BCUT2D eigenvalue weighted by Crippen LogP contribution is 2.25. The van der Waals surface area contributed by atoms with Gasteiger partial charge < -0.3 is 9.94 Å². The third-order valence-electron chi connectivity index (χ3n) is 2.45. The summed E-state index contributed by atoms with van der Waals surface area (Å²) in [5.74, 6) is 0.183. The Balaban J connectivity index is 2.07. The Morgan fingerprint density at radius 1 is 1.26 bits per heavy atom. The topological polar surface area (TPSA) is 41.8 Å². The molecule has 0 fully saturated rings. The van der Waals surface area contributed by atoms with Gasteiger partial charge in [0.25, 0.3) is 0 Å². The predicted molar refractivity (Wildman–Crippen MR) is 71.6 cm³/mol. The number of hydrogen-bond acceptors (Lipinski definition) is 3. The molecule has 2 rings (SSSR count). The molecule has 0 spiro atoms. The molecule has 0 saturated heterocycles. The number of hydrogen-bond donors (Lipinski definition) is 1. The summed E-state index contributed by atoms with van der Waals surface area (Å²) in [6.45, 7) is 0.227. The van der Waals surface area contributed by atoms with Crippen molar-refractivity contribution in [3.63, 3.8) is 0 Å². The first-order valence-corrected chi connectivity index (χ1v) is 5.91. The molecule has 98 valence electrons. The van der Waals surface area contributed by atoms with Gasteiger partial charge >= 0.3 is 0 Å². The van der Waals surface area contributed by atoms with Gasteiger partial charge in [-0.25, -0.2) is 4.39 Å². The predicted octanol–water partition coefficient (Wildman–Crippen LogP) is 3.87. The molecular weight excluding hydrogens is 269 g/mol. The van der Waals surface area contributed by atoms with E-state index in [-0.39, 0.29) is 12.4 Å². The smallest absolute Gasteiger partial charge is 0.138 e. The molecule has 0 aliphatic carbocycles. The molecule has 2 aromatic carbocycles. The Morgan fingerprint density at radius 3 is 2.79 bits per heavy atom. The van der Waals surface area contributed by atoms with Gasteiger partial charge in [-0.15, -0.1) is 0 Å². The molecule has 0 saturated carbocycles. The van der Waals surface area contributed by atoms with Crippen LogP contribution in [-0.4, -0.2) is 11.4 Å². The van der Waals surface area contributed by atoms with Gasteiger partial charge in [-0.2, -0.15) is 0 Å². The Kier molecular flexibility index (Phi) is 4.36. The van der Waals surface area contributed by atoms with E-state index in [0.29, 0.717) is 16.3 Å². The maximum absolute atomic E-state index is 13.0. The summed E-state index contributed by atoms with van der Waals surface area (Å²) in [6.07, 6.45) is 1.27. The monoisotopic (exact) mass is 279 g/mol. The fraction of sp³-hybridized carbons (Fsp3) is 0.0714. The van der Waals surface area contributed by atoms with Gasteiger partial charge in [0.1, 0.15) is 18.2 Å². The molecule has 0 atom stereocenters. The van der Waals surface area contributed by atoms with Gasteiger partial charge in [-0.3, -0.25) is 0 Å². The second-order valence-electron chi connectivity index (χ2n) is 3.85.